The molecule has 84 valence electrons. The molecular weight excluding hydrogens is 202 g/mol. The van der Waals surface area contributed by atoms with Crippen LogP contribution in [-0.2, 0) is 0 Å². The molecule has 0 saturated heterocycles. The van der Waals surface area contributed by atoms with Gasteiger partial charge >= 0.3 is 0 Å². The summed E-state index contributed by atoms with van der Waals surface area (Å²) in [5, 5.41) is 14.9. The largest absolute Gasteiger partial charge is 0.348 e. The van der Waals surface area contributed by atoms with E-state index in [1.807, 2.05) is 30.3 Å². The van der Waals surface area contributed by atoms with Gasteiger partial charge in [-0.1, -0.05) is 23.3 Å². The first-order chi connectivity index (χ1) is 7.56. The zero-order chi connectivity index (χ0) is 11.6. The molecule has 2 aromatic rings. The summed E-state index contributed by atoms with van der Waals surface area (Å²) in [6.45, 7) is 6.20. The van der Waals surface area contributed by atoms with E-state index in [-0.39, 0.29) is 5.54 Å². The van der Waals surface area contributed by atoms with E-state index in [1.54, 1.807) is 4.68 Å². The van der Waals surface area contributed by atoms with E-state index < -0.39 is 0 Å². The minimum atomic E-state index is -0.0682. The van der Waals surface area contributed by atoms with Gasteiger partial charge in [-0.05, 0) is 43.3 Å². The monoisotopic (exact) mass is 217 g/mol. The van der Waals surface area contributed by atoms with Gasteiger partial charge in [-0.3, -0.25) is 0 Å². The van der Waals surface area contributed by atoms with Gasteiger partial charge in [0.2, 0.25) is 5.95 Å². The number of anilines is 1. The average Bonchev–Trinajstić information content (AvgIpc) is 2.64. The van der Waals surface area contributed by atoms with Crippen molar-refractivity contribution < 1.29 is 0 Å². The van der Waals surface area contributed by atoms with Crippen molar-refractivity contribution in [1.82, 2.24) is 20.2 Å². The zero-order valence-electron chi connectivity index (χ0n) is 9.68. The minimum Gasteiger partial charge on any atom is -0.348 e. The number of hydrogen-bond donors (Lipinski definition) is 1. The number of rotatable bonds is 2. The Kier molecular flexibility index (Phi) is 2.60. The van der Waals surface area contributed by atoms with Gasteiger partial charge in [0.25, 0.3) is 0 Å². The number of nitrogens with zero attached hydrogens (tertiary/aromatic N) is 4. The van der Waals surface area contributed by atoms with Gasteiger partial charge in [0.15, 0.2) is 0 Å². The van der Waals surface area contributed by atoms with E-state index in [4.69, 9.17) is 0 Å². The van der Waals surface area contributed by atoms with Crippen LogP contribution < -0.4 is 5.32 Å². The van der Waals surface area contributed by atoms with Gasteiger partial charge in [0.05, 0.1) is 5.69 Å². The van der Waals surface area contributed by atoms with E-state index in [0.717, 1.165) is 5.69 Å². The van der Waals surface area contributed by atoms with Crippen LogP contribution in [0.15, 0.2) is 30.3 Å². The van der Waals surface area contributed by atoms with Crippen molar-refractivity contribution in [2.45, 2.75) is 26.3 Å². The standard InChI is InChI=1S/C11H15N5/c1-11(2,3)12-10-13-14-15-16(10)9-7-5-4-6-8-9/h4-8H,1-3H3,(H,12,13,15). The Hall–Kier alpha value is -1.91. The fourth-order valence-electron chi connectivity index (χ4n) is 1.34. The van der Waals surface area contributed by atoms with Crippen LogP contribution in [0.5, 0.6) is 0 Å². The fraction of sp³-hybridized carbons (Fsp3) is 0.364. The highest BCUT2D eigenvalue weighted by Gasteiger charge is 2.15. The van der Waals surface area contributed by atoms with Gasteiger partial charge in [-0.2, -0.15) is 4.68 Å². The second-order valence-corrected chi connectivity index (χ2v) is 4.62. The maximum absolute atomic E-state index is 3.97. The van der Waals surface area contributed by atoms with Crippen molar-refractivity contribution in [3.63, 3.8) is 0 Å². The highest BCUT2D eigenvalue weighted by molar-refractivity contribution is 5.39. The highest BCUT2D eigenvalue weighted by Crippen LogP contribution is 2.14. The lowest BCUT2D eigenvalue weighted by atomic mass is 10.1. The maximum atomic E-state index is 3.97. The number of hydrogen-bond acceptors (Lipinski definition) is 4. The van der Waals surface area contributed by atoms with Crippen LogP contribution in [0.3, 0.4) is 0 Å². The van der Waals surface area contributed by atoms with E-state index in [0.29, 0.717) is 5.95 Å². The Labute approximate surface area is 94.5 Å². The van der Waals surface area contributed by atoms with Crippen LogP contribution in [0.1, 0.15) is 20.8 Å². The van der Waals surface area contributed by atoms with Crippen LogP contribution in [-0.4, -0.2) is 25.7 Å². The van der Waals surface area contributed by atoms with E-state index in [1.165, 1.54) is 0 Å². The normalized spacial score (nSPS) is 11.4. The molecule has 0 bridgehead atoms. The van der Waals surface area contributed by atoms with Crippen molar-refractivity contribution in [1.29, 1.82) is 0 Å². The Morgan fingerprint density at radius 3 is 2.44 bits per heavy atom. The second-order valence-electron chi connectivity index (χ2n) is 4.62. The molecule has 0 aliphatic rings. The van der Waals surface area contributed by atoms with Crippen molar-refractivity contribution in [2.75, 3.05) is 5.32 Å². The van der Waals surface area contributed by atoms with Gasteiger partial charge < -0.3 is 5.32 Å². The summed E-state index contributed by atoms with van der Waals surface area (Å²) in [5.41, 5.74) is 0.876. The van der Waals surface area contributed by atoms with E-state index in [9.17, 15) is 0 Å². The number of tetrazole rings is 1. The van der Waals surface area contributed by atoms with Crippen LogP contribution in [0.2, 0.25) is 0 Å². The molecule has 5 heteroatoms. The van der Waals surface area contributed by atoms with Gasteiger partial charge in [0, 0.05) is 5.54 Å². The van der Waals surface area contributed by atoms with Crippen LogP contribution >= 0.6 is 0 Å². The lowest BCUT2D eigenvalue weighted by Crippen LogP contribution is -2.28. The molecule has 1 N–H and O–H groups in total. The zero-order valence-corrected chi connectivity index (χ0v) is 9.68. The number of aromatic nitrogens is 4. The maximum Gasteiger partial charge on any atom is 0.248 e. The molecule has 0 amide bonds. The molecule has 0 saturated carbocycles. The molecule has 2 rings (SSSR count). The molecule has 0 aliphatic heterocycles. The molecule has 1 aromatic carbocycles. The Morgan fingerprint density at radius 1 is 1.12 bits per heavy atom. The summed E-state index contributed by atoms with van der Waals surface area (Å²) in [7, 11) is 0. The molecule has 0 fully saturated rings. The van der Waals surface area contributed by atoms with Crippen molar-refractivity contribution in [3.8, 4) is 5.69 Å². The number of benzene rings is 1. The Balaban J connectivity index is 2.33. The topological polar surface area (TPSA) is 55.6 Å². The predicted octanol–water partition coefficient (Wildman–Crippen LogP) is 1.87. The molecule has 1 aromatic heterocycles. The smallest absolute Gasteiger partial charge is 0.248 e. The van der Waals surface area contributed by atoms with Crippen molar-refractivity contribution >= 4 is 5.95 Å². The summed E-state index contributed by atoms with van der Waals surface area (Å²) in [6.07, 6.45) is 0. The SMILES string of the molecule is CC(C)(C)Nc1nnnn1-c1ccccc1. The first-order valence-electron chi connectivity index (χ1n) is 5.18. The summed E-state index contributed by atoms with van der Waals surface area (Å²) in [4.78, 5) is 0. The second kappa shape index (κ2) is 3.92. The van der Waals surface area contributed by atoms with Crippen LogP contribution in [0.4, 0.5) is 5.95 Å². The first-order valence-corrected chi connectivity index (χ1v) is 5.18. The quantitative estimate of drug-likeness (QED) is 0.834. The number of para-hydroxylation sites is 1. The van der Waals surface area contributed by atoms with Crippen LogP contribution in [0.25, 0.3) is 5.69 Å². The Morgan fingerprint density at radius 2 is 1.81 bits per heavy atom. The molecule has 0 unspecified atom stereocenters. The lowest BCUT2D eigenvalue weighted by Gasteiger charge is -2.20. The Bertz CT molecular complexity index is 455. The van der Waals surface area contributed by atoms with Gasteiger partial charge in [0.1, 0.15) is 0 Å². The molecule has 0 atom stereocenters. The predicted molar refractivity (Wildman–Crippen MR) is 62.5 cm³/mol. The highest BCUT2D eigenvalue weighted by atomic mass is 15.6. The molecule has 16 heavy (non-hydrogen) atoms. The molecule has 0 aliphatic carbocycles. The summed E-state index contributed by atoms with van der Waals surface area (Å²) < 4.78 is 1.69. The summed E-state index contributed by atoms with van der Waals surface area (Å²) in [5.74, 6) is 0.652. The third kappa shape index (κ3) is 2.36. The lowest BCUT2D eigenvalue weighted by molar-refractivity contribution is 0.621. The van der Waals surface area contributed by atoms with E-state index >= 15 is 0 Å². The molecule has 0 radical (unpaired) electrons. The van der Waals surface area contributed by atoms with Crippen molar-refractivity contribution in [2.24, 2.45) is 0 Å². The fourth-order valence-corrected chi connectivity index (χ4v) is 1.34. The molecule has 1 heterocycles. The van der Waals surface area contributed by atoms with E-state index in [2.05, 4.69) is 41.6 Å². The van der Waals surface area contributed by atoms with Crippen molar-refractivity contribution in [3.05, 3.63) is 30.3 Å². The number of nitrogens with one attached hydrogen (secondary N) is 1. The molecule has 5 nitrogen and oxygen atoms in total. The minimum absolute atomic E-state index is 0.0682. The third-order valence-corrected chi connectivity index (χ3v) is 1.96. The summed E-state index contributed by atoms with van der Waals surface area (Å²) >= 11 is 0. The first kappa shape index (κ1) is 10.6. The summed E-state index contributed by atoms with van der Waals surface area (Å²) in [6, 6.07) is 9.80. The average molecular weight is 217 g/mol. The molecular formula is C11H15N5. The third-order valence-electron chi connectivity index (χ3n) is 1.96. The van der Waals surface area contributed by atoms with Gasteiger partial charge in [-0.15, -0.1) is 0 Å². The van der Waals surface area contributed by atoms with Crippen LogP contribution in [0, 0.1) is 0 Å². The van der Waals surface area contributed by atoms with Gasteiger partial charge in [-0.25, -0.2) is 0 Å². The molecule has 0 spiro atoms.